The summed E-state index contributed by atoms with van der Waals surface area (Å²) in [5.74, 6) is -0.0122. The molecule has 0 aliphatic rings. The van der Waals surface area contributed by atoms with Gasteiger partial charge in [-0.1, -0.05) is 32.9 Å². The van der Waals surface area contributed by atoms with Gasteiger partial charge in [0.05, 0.1) is 10.5 Å². The van der Waals surface area contributed by atoms with Crippen LogP contribution in [0.25, 0.3) is 0 Å². The normalized spacial score (nSPS) is 12.0. The Morgan fingerprint density at radius 3 is 2.04 bits per heavy atom. The molecule has 0 bridgehead atoms. The minimum Gasteiger partial charge on any atom is -0.423 e. The molecular weight excluding hydrogens is 324 g/mol. The van der Waals surface area contributed by atoms with Crippen LogP contribution >= 0.6 is 0 Å². The maximum atomic E-state index is 12.2. The lowest BCUT2D eigenvalue weighted by molar-refractivity contribution is 0.0733. The fraction of sp³-hybridized carbons (Fsp3) is 0.316. The number of hydrogen-bond donors (Lipinski definition) is 0. The van der Waals surface area contributed by atoms with Crippen LogP contribution in [0.1, 0.15) is 42.3 Å². The van der Waals surface area contributed by atoms with Gasteiger partial charge in [-0.15, -0.1) is 0 Å². The number of esters is 1. The third kappa shape index (κ3) is 4.23. The molecule has 0 aliphatic carbocycles. The molecule has 2 rings (SSSR count). The average molecular weight is 346 g/mol. The molecule has 0 spiro atoms. The molecule has 0 radical (unpaired) electrons. The predicted molar refractivity (Wildman–Crippen MR) is 94.4 cm³/mol. The van der Waals surface area contributed by atoms with E-state index < -0.39 is 15.8 Å². The van der Waals surface area contributed by atoms with Gasteiger partial charge in [-0.05, 0) is 53.8 Å². The van der Waals surface area contributed by atoms with Crippen LogP contribution < -0.4 is 4.74 Å². The van der Waals surface area contributed by atoms with Gasteiger partial charge in [-0.25, -0.2) is 13.2 Å². The Kier molecular flexibility index (Phi) is 4.85. The number of hydrogen-bond acceptors (Lipinski definition) is 4. The number of rotatable bonds is 3. The summed E-state index contributed by atoms with van der Waals surface area (Å²) < 4.78 is 28.3. The molecule has 0 saturated carbocycles. The van der Waals surface area contributed by atoms with Crippen molar-refractivity contribution in [1.82, 2.24) is 0 Å². The molecule has 0 amide bonds. The number of carbonyl (C=O) groups is 1. The number of aryl methyl sites for hydroxylation is 1. The van der Waals surface area contributed by atoms with E-state index in [0.717, 1.165) is 17.4 Å². The lowest BCUT2D eigenvalue weighted by Gasteiger charge is -2.20. The van der Waals surface area contributed by atoms with E-state index in [-0.39, 0.29) is 10.3 Å². The molecule has 0 fully saturated rings. The first kappa shape index (κ1) is 18.2. The van der Waals surface area contributed by atoms with Crippen LogP contribution in [0.5, 0.6) is 5.75 Å². The van der Waals surface area contributed by atoms with Gasteiger partial charge < -0.3 is 4.74 Å². The minimum absolute atomic E-state index is 0.0226. The number of ether oxygens (including phenoxy) is 1. The predicted octanol–water partition coefficient (Wildman–Crippen LogP) is 3.92. The first-order valence-corrected chi connectivity index (χ1v) is 9.51. The van der Waals surface area contributed by atoms with Crippen LogP contribution in [0, 0.1) is 6.92 Å². The van der Waals surface area contributed by atoms with E-state index in [2.05, 4.69) is 20.8 Å². The third-order valence-corrected chi connectivity index (χ3v) is 4.89. The van der Waals surface area contributed by atoms with E-state index >= 15 is 0 Å². The smallest absolute Gasteiger partial charge is 0.343 e. The third-order valence-electron chi connectivity index (χ3n) is 3.76. The maximum Gasteiger partial charge on any atom is 0.343 e. The highest BCUT2D eigenvalue weighted by molar-refractivity contribution is 7.90. The Labute approximate surface area is 143 Å². The highest BCUT2D eigenvalue weighted by atomic mass is 32.2. The minimum atomic E-state index is -3.28. The lowest BCUT2D eigenvalue weighted by Crippen LogP contribution is -2.13. The summed E-state index contributed by atoms with van der Waals surface area (Å²) in [5, 5.41) is 0. The molecule has 0 aromatic heterocycles. The molecule has 2 aromatic rings. The summed E-state index contributed by atoms with van der Waals surface area (Å²) in [5.41, 5.74) is 2.37. The number of benzene rings is 2. The second-order valence-electron chi connectivity index (χ2n) is 6.92. The van der Waals surface area contributed by atoms with Gasteiger partial charge in [0.15, 0.2) is 9.84 Å². The molecule has 0 atom stereocenters. The second-order valence-corrected chi connectivity index (χ2v) is 8.93. The van der Waals surface area contributed by atoms with Gasteiger partial charge in [-0.3, -0.25) is 0 Å². The van der Waals surface area contributed by atoms with Crippen molar-refractivity contribution in [3.05, 3.63) is 59.2 Å². The van der Waals surface area contributed by atoms with Crippen LogP contribution in [0.3, 0.4) is 0 Å². The molecule has 0 aliphatic heterocycles. The van der Waals surface area contributed by atoms with Crippen LogP contribution in [0.15, 0.2) is 47.4 Å². The topological polar surface area (TPSA) is 60.4 Å². The molecular formula is C19H22O4S. The zero-order valence-electron chi connectivity index (χ0n) is 14.6. The summed E-state index contributed by atoms with van der Waals surface area (Å²) in [6.45, 7) is 8.26. The first-order chi connectivity index (χ1) is 11.0. The van der Waals surface area contributed by atoms with Crippen molar-refractivity contribution >= 4 is 15.8 Å². The van der Waals surface area contributed by atoms with Gasteiger partial charge in [0, 0.05) is 6.26 Å². The average Bonchev–Trinajstić information content (AvgIpc) is 2.47. The molecule has 0 N–H and O–H groups in total. The Morgan fingerprint density at radius 2 is 1.58 bits per heavy atom. The van der Waals surface area contributed by atoms with E-state index in [9.17, 15) is 13.2 Å². The maximum absolute atomic E-state index is 12.2. The van der Waals surface area contributed by atoms with Crippen molar-refractivity contribution in [2.75, 3.05) is 6.26 Å². The van der Waals surface area contributed by atoms with Crippen LogP contribution in [-0.4, -0.2) is 20.6 Å². The van der Waals surface area contributed by atoms with Gasteiger partial charge in [0.1, 0.15) is 5.75 Å². The molecule has 5 heteroatoms. The number of sulfone groups is 1. The van der Waals surface area contributed by atoms with Crippen molar-refractivity contribution in [3.8, 4) is 5.75 Å². The van der Waals surface area contributed by atoms with Gasteiger partial charge >= 0.3 is 5.97 Å². The van der Waals surface area contributed by atoms with Crippen molar-refractivity contribution in [2.45, 2.75) is 38.0 Å². The monoisotopic (exact) mass is 346 g/mol. The largest absolute Gasteiger partial charge is 0.423 e. The van der Waals surface area contributed by atoms with E-state index in [1.807, 2.05) is 19.1 Å². The summed E-state index contributed by atoms with van der Waals surface area (Å²) in [6.07, 6.45) is 1.13. The van der Waals surface area contributed by atoms with Crippen LogP contribution in [0.2, 0.25) is 0 Å². The number of carbonyl (C=O) groups excluding carboxylic acids is 1. The van der Waals surface area contributed by atoms with Crippen molar-refractivity contribution in [2.24, 2.45) is 0 Å². The van der Waals surface area contributed by atoms with Crippen molar-refractivity contribution in [3.63, 3.8) is 0 Å². The van der Waals surface area contributed by atoms with Gasteiger partial charge in [0.2, 0.25) is 0 Å². The first-order valence-electron chi connectivity index (χ1n) is 7.62. The van der Waals surface area contributed by atoms with E-state index in [1.54, 1.807) is 6.07 Å². The molecule has 0 heterocycles. The highest BCUT2D eigenvalue weighted by Gasteiger charge is 2.17. The molecule has 24 heavy (non-hydrogen) atoms. The molecule has 128 valence electrons. The van der Waals surface area contributed by atoms with Crippen molar-refractivity contribution < 1.29 is 17.9 Å². The second kappa shape index (κ2) is 6.40. The van der Waals surface area contributed by atoms with E-state index in [0.29, 0.717) is 11.3 Å². The summed E-state index contributed by atoms with van der Waals surface area (Å²) >= 11 is 0. The lowest BCUT2D eigenvalue weighted by atomic mass is 9.86. The molecule has 4 nitrogen and oxygen atoms in total. The van der Waals surface area contributed by atoms with Crippen molar-refractivity contribution in [1.29, 1.82) is 0 Å². The summed E-state index contributed by atoms with van der Waals surface area (Å²) in [4.78, 5) is 12.4. The Hall–Kier alpha value is -2.14. The quantitative estimate of drug-likeness (QED) is 0.624. The summed E-state index contributed by atoms with van der Waals surface area (Å²) in [6, 6.07) is 11.5. The molecule has 0 unspecified atom stereocenters. The summed E-state index contributed by atoms with van der Waals surface area (Å²) in [7, 11) is -3.28. The fourth-order valence-corrected chi connectivity index (χ4v) is 2.86. The van der Waals surface area contributed by atoms with E-state index in [4.69, 9.17) is 4.74 Å². The van der Waals surface area contributed by atoms with Crippen LogP contribution in [-0.2, 0) is 15.3 Å². The molecule has 0 saturated heterocycles. The Morgan fingerprint density at radius 1 is 1.00 bits per heavy atom. The zero-order chi connectivity index (χ0) is 18.1. The van der Waals surface area contributed by atoms with Gasteiger partial charge in [-0.2, -0.15) is 0 Å². The SMILES string of the molecule is Cc1cc(C(C)(C)C)ccc1OC(=O)c1ccc(S(C)(=O)=O)cc1. The van der Waals surface area contributed by atoms with Gasteiger partial charge in [0.25, 0.3) is 0 Å². The molecule has 2 aromatic carbocycles. The highest BCUT2D eigenvalue weighted by Crippen LogP contribution is 2.28. The van der Waals surface area contributed by atoms with E-state index in [1.165, 1.54) is 24.3 Å². The zero-order valence-corrected chi connectivity index (χ0v) is 15.4. The Bertz CT molecular complexity index is 857. The standard InChI is InChI=1S/C19H22O4S/c1-13-12-15(19(2,3)4)8-11-17(13)23-18(20)14-6-9-16(10-7-14)24(5,21)22/h6-12H,1-5H3. The fourth-order valence-electron chi connectivity index (χ4n) is 2.23. The Balaban J connectivity index is 2.21. The van der Waals surface area contributed by atoms with Crippen LogP contribution in [0.4, 0.5) is 0 Å².